The zero-order chi connectivity index (χ0) is 18.7. The molecule has 2 heterocycles. The van der Waals surface area contributed by atoms with E-state index in [1.165, 1.54) is 18.4 Å². The maximum absolute atomic E-state index is 12.6. The lowest BCUT2D eigenvalue weighted by atomic mass is 10.1. The predicted octanol–water partition coefficient (Wildman–Crippen LogP) is 3.41. The van der Waals surface area contributed by atoms with E-state index in [1.807, 2.05) is 0 Å². The van der Waals surface area contributed by atoms with Gasteiger partial charge in [-0.3, -0.25) is 10.2 Å². The van der Waals surface area contributed by atoms with Gasteiger partial charge < -0.3 is 19.2 Å². The monoisotopic (exact) mass is 372 g/mol. The van der Waals surface area contributed by atoms with E-state index in [-0.39, 0.29) is 23.3 Å². The van der Waals surface area contributed by atoms with Crippen molar-refractivity contribution < 1.29 is 23.5 Å². The quantitative estimate of drug-likeness (QED) is 0.668. The maximum atomic E-state index is 12.6. The molecule has 0 radical (unpaired) electrons. The van der Waals surface area contributed by atoms with Crippen molar-refractivity contribution in [2.75, 3.05) is 19.0 Å². The number of nitrogens with one attached hydrogen (secondary N) is 2. The molecule has 0 aliphatic carbocycles. The Bertz CT molecular complexity index is 1040. The van der Waals surface area contributed by atoms with Crippen LogP contribution in [0.2, 0.25) is 0 Å². The Labute approximate surface area is 152 Å². The number of carbonyl (C=O) groups excluding carboxylic acids is 2. The predicted molar refractivity (Wildman–Crippen MR) is 96.8 cm³/mol. The van der Waals surface area contributed by atoms with E-state index in [0.29, 0.717) is 21.7 Å². The number of ether oxygens (including phenoxy) is 2. The van der Waals surface area contributed by atoms with Gasteiger partial charge in [-0.1, -0.05) is 12.1 Å². The van der Waals surface area contributed by atoms with Crippen LogP contribution in [0.4, 0.5) is 5.00 Å². The lowest BCUT2D eigenvalue weighted by molar-refractivity contribution is 0.0528. The van der Waals surface area contributed by atoms with Gasteiger partial charge in [0.05, 0.1) is 19.3 Å². The molecule has 0 fully saturated rings. The first-order valence-electron chi connectivity index (χ1n) is 7.76. The van der Waals surface area contributed by atoms with E-state index in [0.717, 1.165) is 0 Å². The first-order chi connectivity index (χ1) is 12.5. The Morgan fingerprint density at radius 3 is 2.81 bits per heavy atom. The molecule has 8 heteroatoms. The van der Waals surface area contributed by atoms with Crippen molar-refractivity contribution >= 4 is 39.2 Å². The molecule has 0 saturated carbocycles. The Morgan fingerprint density at radius 1 is 1.27 bits per heavy atom. The first-order valence-corrected chi connectivity index (χ1v) is 8.64. The smallest absolute Gasteiger partial charge is 0.341 e. The van der Waals surface area contributed by atoms with Crippen LogP contribution in [0.1, 0.15) is 27.6 Å². The Hall–Kier alpha value is -3.13. The Kier molecular flexibility index (Phi) is 5.04. The SMILES string of the molecule is CCOC(=O)c1ccsc1NC(=O)c1cc2cccc(OC)c2oc1=N. The molecule has 0 spiro atoms. The highest BCUT2D eigenvalue weighted by Crippen LogP contribution is 2.26. The summed E-state index contributed by atoms with van der Waals surface area (Å²) in [6.45, 7) is 1.95. The summed E-state index contributed by atoms with van der Waals surface area (Å²) >= 11 is 1.20. The van der Waals surface area contributed by atoms with Crippen molar-refractivity contribution in [3.05, 3.63) is 52.4 Å². The van der Waals surface area contributed by atoms with Gasteiger partial charge in [0, 0.05) is 5.39 Å². The van der Waals surface area contributed by atoms with Gasteiger partial charge in [-0.15, -0.1) is 11.3 Å². The molecular formula is C18H16N2O5S. The van der Waals surface area contributed by atoms with Crippen LogP contribution in [0.25, 0.3) is 11.0 Å². The van der Waals surface area contributed by atoms with Crippen molar-refractivity contribution in [1.82, 2.24) is 0 Å². The summed E-state index contributed by atoms with van der Waals surface area (Å²) in [4.78, 5) is 24.5. The van der Waals surface area contributed by atoms with Crippen LogP contribution in [-0.4, -0.2) is 25.6 Å². The van der Waals surface area contributed by atoms with Gasteiger partial charge in [-0.2, -0.15) is 0 Å². The minimum atomic E-state index is -0.545. The number of thiophene rings is 1. The van der Waals surface area contributed by atoms with Crippen molar-refractivity contribution in [1.29, 1.82) is 5.41 Å². The molecule has 2 aromatic heterocycles. The fourth-order valence-electron chi connectivity index (χ4n) is 2.41. The lowest BCUT2D eigenvalue weighted by Crippen LogP contribution is -2.21. The molecule has 3 rings (SSSR count). The van der Waals surface area contributed by atoms with Crippen LogP contribution < -0.4 is 15.6 Å². The number of carbonyl (C=O) groups is 2. The number of anilines is 1. The fourth-order valence-corrected chi connectivity index (χ4v) is 3.18. The molecule has 0 bridgehead atoms. The number of para-hydroxylation sites is 1. The molecule has 134 valence electrons. The molecule has 0 atom stereocenters. The minimum absolute atomic E-state index is 0.0500. The number of hydrogen-bond donors (Lipinski definition) is 2. The van der Waals surface area contributed by atoms with Gasteiger partial charge in [0.25, 0.3) is 5.91 Å². The molecule has 0 saturated heterocycles. The van der Waals surface area contributed by atoms with E-state index >= 15 is 0 Å². The van der Waals surface area contributed by atoms with Gasteiger partial charge in [0.15, 0.2) is 11.3 Å². The summed E-state index contributed by atoms with van der Waals surface area (Å²) in [5, 5.41) is 13.3. The summed E-state index contributed by atoms with van der Waals surface area (Å²) in [5.74, 6) is -0.578. The zero-order valence-electron chi connectivity index (χ0n) is 14.1. The first kappa shape index (κ1) is 17.7. The third-order valence-electron chi connectivity index (χ3n) is 3.61. The highest BCUT2D eigenvalue weighted by Gasteiger charge is 2.19. The van der Waals surface area contributed by atoms with Crippen molar-refractivity contribution in [2.45, 2.75) is 6.92 Å². The van der Waals surface area contributed by atoms with Crippen molar-refractivity contribution in [3.8, 4) is 5.75 Å². The molecule has 1 amide bonds. The van der Waals surface area contributed by atoms with Gasteiger partial charge in [-0.25, -0.2) is 4.79 Å². The van der Waals surface area contributed by atoms with Crippen molar-refractivity contribution in [3.63, 3.8) is 0 Å². The Balaban J connectivity index is 1.94. The van der Waals surface area contributed by atoms with E-state index in [1.54, 1.807) is 42.6 Å². The van der Waals surface area contributed by atoms with Gasteiger partial charge in [0.2, 0.25) is 5.55 Å². The largest absolute Gasteiger partial charge is 0.493 e. The maximum Gasteiger partial charge on any atom is 0.341 e. The van der Waals surface area contributed by atoms with E-state index in [4.69, 9.17) is 19.3 Å². The number of hydrogen-bond acceptors (Lipinski definition) is 7. The van der Waals surface area contributed by atoms with Gasteiger partial charge in [-0.05, 0) is 30.5 Å². The standard InChI is InChI=1S/C18H16N2O5S/c1-3-24-18(22)11-7-8-26-17(11)20-16(21)12-9-10-5-4-6-13(23-2)14(10)25-15(12)19/h4-9,19H,3H2,1-2H3,(H,20,21). The molecule has 0 aliphatic rings. The summed E-state index contributed by atoms with van der Waals surface area (Å²) in [6, 6.07) is 8.36. The second kappa shape index (κ2) is 7.40. The molecular weight excluding hydrogens is 356 g/mol. The van der Waals surface area contributed by atoms with Crippen LogP contribution in [0.3, 0.4) is 0 Å². The van der Waals surface area contributed by atoms with Crippen molar-refractivity contribution in [2.24, 2.45) is 0 Å². The van der Waals surface area contributed by atoms with Crippen LogP contribution in [0, 0.1) is 5.41 Å². The molecule has 7 nitrogen and oxygen atoms in total. The van der Waals surface area contributed by atoms with Crippen LogP contribution >= 0.6 is 11.3 Å². The van der Waals surface area contributed by atoms with E-state index < -0.39 is 11.9 Å². The average Bonchev–Trinajstić information content (AvgIpc) is 3.09. The van der Waals surface area contributed by atoms with Gasteiger partial charge in [0.1, 0.15) is 10.6 Å². The van der Waals surface area contributed by atoms with Crippen LogP contribution in [0.5, 0.6) is 5.75 Å². The number of rotatable bonds is 5. The average molecular weight is 372 g/mol. The van der Waals surface area contributed by atoms with Gasteiger partial charge >= 0.3 is 5.97 Å². The lowest BCUT2D eigenvalue weighted by Gasteiger charge is -2.08. The summed E-state index contributed by atoms with van der Waals surface area (Å²) in [5.41, 5.74) is 0.415. The summed E-state index contributed by atoms with van der Waals surface area (Å²) in [6.07, 6.45) is 0. The Morgan fingerprint density at radius 2 is 2.08 bits per heavy atom. The number of esters is 1. The van der Waals surface area contributed by atoms with Crippen LogP contribution in [-0.2, 0) is 4.74 Å². The number of benzene rings is 1. The fraction of sp³-hybridized carbons (Fsp3) is 0.167. The molecule has 2 N–H and O–H groups in total. The molecule has 0 unspecified atom stereocenters. The van der Waals surface area contributed by atoms with E-state index in [9.17, 15) is 9.59 Å². The number of fused-ring (bicyclic) bond motifs is 1. The minimum Gasteiger partial charge on any atom is -0.493 e. The number of amides is 1. The molecule has 26 heavy (non-hydrogen) atoms. The normalized spacial score (nSPS) is 10.5. The number of methoxy groups -OCH3 is 1. The second-order valence-electron chi connectivity index (χ2n) is 5.21. The van der Waals surface area contributed by atoms with Crippen LogP contribution in [0.15, 0.2) is 40.1 Å². The molecule has 3 aromatic rings. The topological polar surface area (TPSA) is 102 Å². The van der Waals surface area contributed by atoms with E-state index in [2.05, 4.69) is 5.32 Å². The molecule has 0 aliphatic heterocycles. The highest BCUT2D eigenvalue weighted by atomic mass is 32.1. The third-order valence-corrected chi connectivity index (χ3v) is 4.44. The second-order valence-corrected chi connectivity index (χ2v) is 6.12. The molecule has 1 aromatic carbocycles. The third kappa shape index (κ3) is 3.31. The summed E-state index contributed by atoms with van der Waals surface area (Å²) < 4.78 is 15.6. The highest BCUT2D eigenvalue weighted by molar-refractivity contribution is 7.14. The zero-order valence-corrected chi connectivity index (χ0v) is 14.9. The summed E-state index contributed by atoms with van der Waals surface area (Å²) in [7, 11) is 1.50.